The van der Waals surface area contributed by atoms with E-state index in [-0.39, 0.29) is 5.91 Å². The summed E-state index contributed by atoms with van der Waals surface area (Å²) in [6.07, 6.45) is 1.05. The number of likely N-dealkylation sites (tertiary alicyclic amines) is 1. The molecule has 1 aromatic heterocycles. The molecule has 1 aliphatic heterocycles. The van der Waals surface area contributed by atoms with Gasteiger partial charge >= 0.3 is 0 Å². The molecular weight excluding hydrogens is 272 g/mol. The number of nitrogens with two attached hydrogens (primary N) is 1. The molecule has 1 saturated heterocycles. The van der Waals surface area contributed by atoms with Gasteiger partial charge in [0.05, 0.1) is 5.69 Å². The Balaban J connectivity index is 1.97. The van der Waals surface area contributed by atoms with Crippen molar-refractivity contribution < 1.29 is 4.79 Å². The third-order valence-corrected chi connectivity index (χ3v) is 4.82. The van der Waals surface area contributed by atoms with E-state index in [0.717, 1.165) is 36.9 Å². The Morgan fingerprint density at radius 1 is 1.65 bits per heavy atom. The molecule has 0 saturated carbocycles. The Hall–Kier alpha value is -0.980. The van der Waals surface area contributed by atoms with Crippen LogP contribution in [-0.4, -0.2) is 41.5 Å². The Bertz CT molecular complexity index is 462. The molecule has 0 spiro atoms. The molecule has 2 unspecified atom stereocenters. The van der Waals surface area contributed by atoms with Gasteiger partial charge < -0.3 is 5.73 Å². The fourth-order valence-corrected chi connectivity index (χ4v) is 3.53. The van der Waals surface area contributed by atoms with Crippen LogP contribution >= 0.6 is 11.3 Å². The molecule has 0 bridgehead atoms. The minimum absolute atomic E-state index is 0.0472. The maximum Gasteiger partial charge on any atom is 0.225 e. The van der Waals surface area contributed by atoms with E-state index in [1.54, 1.807) is 23.2 Å². The maximum atomic E-state index is 11.5. The van der Waals surface area contributed by atoms with Gasteiger partial charge in [0.1, 0.15) is 0 Å². The highest BCUT2D eigenvalue weighted by Crippen LogP contribution is 2.23. The molecule has 20 heavy (non-hydrogen) atoms. The lowest BCUT2D eigenvalue weighted by molar-refractivity contribution is -0.116. The van der Waals surface area contributed by atoms with E-state index in [2.05, 4.69) is 22.2 Å². The molecule has 2 N–H and O–H groups in total. The van der Waals surface area contributed by atoms with E-state index in [1.165, 1.54) is 0 Å². The van der Waals surface area contributed by atoms with Crippen molar-refractivity contribution in [2.45, 2.75) is 39.8 Å². The van der Waals surface area contributed by atoms with Crippen LogP contribution in [0.15, 0.2) is 5.38 Å². The third-order valence-electron chi connectivity index (χ3n) is 3.91. The Morgan fingerprint density at radius 3 is 3.00 bits per heavy atom. The fourth-order valence-electron chi connectivity index (χ4n) is 2.61. The summed E-state index contributed by atoms with van der Waals surface area (Å²) in [5.41, 5.74) is 7.09. The van der Waals surface area contributed by atoms with Crippen LogP contribution in [0.2, 0.25) is 0 Å². The molecular formula is C14H24N4OS. The van der Waals surface area contributed by atoms with E-state index in [0.29, 0.717) is 18.5 Å². The second-order valence-corrected chi connectivity index (χ2v) is 6.39. The third kappa shape index (κ3) is 3.56. The number of aromatic nitrogens is 1. The topological polar surface area (TPSA) is 62.5 Å². The molecule has 112 valence electrons. The molecule has 2 atom stereocenters. The molecule has 1 fully saturated rings. The van der Waals surface area contributed by atoms with Crippen molar-refractivity contribution in [2.75, 3.05) is 24.5 Å². The van der Waals surface area contributed by atoms with Gasteiger partial charge in [-0.15, -0.1) is 11.3 Å². The molecule has 1 amide bonds. The zero-order valence-electron chi connectivity index (χ0n) is 12.5. The van der Waals surface area contributed by atoms with Crippen molar-refractivity contribution in [3.8, 4) is 0 Å². The van der Waals surface area contributed by atoms with Crippen LogP contribution in [0.3, 0.4) is 0 Å². The van der Waals surface area contributed by atoms with Crippen LogP contribution in [0, 0.1) is 5.92 Å². The van der Waals surface area contributed by atoms with Gasteiger partial charge in [-0.1, -0.05) is 6.92 Å². The van der Waals surface area contributed by atoms with Crippen LogP contribution in [-0.2, 0) is 11.3 Å². The number of thiazole rings is 1. The lowest BCUT2D eigenvalue weighted by Gasteiger charge is -2.34. The van der Waals surface area contributed by atoms with Gasteiger partial charge in [-0.3, -0.25) is 14.6 Å². The van der Waals surface area contributed by atoms with Crippen molar-refractivity contribution >= 4 is 22.4 Å². The summed E-state index contributed by atoms with van der Waals surface area (Å²) in [6, 6.07) is 0.325. The summed E-state index contributed by atoms with van der Waals surface area (Å²) < 4.78 is 0. The highest BCUT2D eigenvalue weighted by Gasteiger charge is 2.23. The van der Waals surface area contributed by atoms with Crippen molar-refractivity contribution in [1.29, 1.82) is 0 Å². The van der Waals surface area contributed by atoms with E-state index < -0.39 is 0 Å². The summed E-state index contributed by atoms with van der Waals surface area (Å²) in [7, 11) is 0. The van der Waals surface area contributed by atoms with Crippen LogP contribution in [0.25, 0.3) is 0 Å². The number of piperidine rings is 1. The van der Waals surface area contributed by atoms with Gasteiger partial charge in [-0.25, -0.2) is 4.98 Å². The summed E-state index contributed by atoms with van der Waals surface area (Å²) >= 11 is 1.54. The number of carbonyl (C=O) groups is 1. The quantitative estimate of drug-likeness (QED) is 0.918. The number of amides is 1. The molecule has 0 aromatic carbocycles. The largest absolute Gasteiger partial charge is 0.327 e. The molecule has 1 aliphatic rings. The van der Waals surface area contributed by atoms with Gasteiger partial charge in [0.15, 0.2) is 5.13 Å². The fraction of sp³-hybridized carbons (Fsp3) is 0.714. The average molecular weight is 296 g/mol. The molecule has 6 heteroatoms. The van der Waals surface area contributed by atoms with Crippen LogP contribution in [0.5, 0.6) is 0 Å². The first-order valence-electron chi connectivity index (χ1n) is 7.21. The van der Waals surface area contributed by atoms with E-state index >= 15 is 0 Å². The molecule has 2 heterocycles. The molecule has 1 aromatic rings. The monoisotopic (exact) mass is 296 g/mol. The summed E-state index contributed by atoms with van der Waals surface area (Å²) in [5.74, 6) is 0.581. The maximum absolute atomic E-state index is 11.5. The van der Waals surface area contributed by atoms with Crippen LogP contribution in [0.4, 0.5) is 5.13 Å². The zero-order valence-corrected chi connectivity index (χ0v) is 13.3. The van der Waals surface area contributed by atoms with Crippen LogP contribution < -0.4 is 10.6 Å². The lowest BCUT2D eigenvalue weighted by Crippen LogP contribution is -2.45. The highest BCUT2D eigenvalue weighted by molar-refractivity contribution is 7.14. The van der Waals surface area contributed by atoms with Gasteiger partial charge in [0.25, 0.3) is 0 Å². The van der Waals surface area contributed by atoms with Crippen molar-refractivity contribution in [3.63, 3.8) is 0 Å². The smallest absolute Gasteiger partial charge is 0.225 e. The van der Waals surface area contributed by atoms with Gasteiger partial charge in [0, 0.05) is 44.5 Å². The second kappa shape index (κ2) is 6.65. The van der Waals surface area contributed by atoms with E-state index in [1.807, 2.05) is 6.92 Å². The lowest BCUT2D eigenvalue weighted by atomic mass is 9.95. The number of carbonyl (C=O) groups excluding carboxylic acids is 1. The number of nitrogens with zero attached hydrogens (tertiary/aromatic N) is 3. The minimum Gasteiger partial charge on any atom is -0.327 e. The Labute approximate surface area is 124 Å². The van der Waals surface area contributed by atoms with Crippen molar-refractivity contribution in [2.24, 2.45) is 11.7 Å². The summed E-state index contributed by atoms with van der Waals surface area (Å²) in [4.78, 5) is 20.2. The molecule has 0 radical (unpaired) electrons. The number of hydrogen-bond donors (Lipinski definition) is 1. The second-order valence-electron chi connectivity index (χ2n) is 5.55. The number of rotatable bonds is 4. The zero-order chi connectivity index (χ0) is 14.7. The molecule has 2 rings (SSSR count). The van der Waals surface area contributed by atoms with Crippen molar-refractivity contribution in [3.05, 3.63) is 11.1 Å². The summed E-state index contributed by atoms with van der Waals surface area (Å²) in [5, 5.41) is 2.86. The minimum atomic E-state index is 0.0472. The Morgan fingerprint density at radius 2 is 2.40 bits per heavy atom. The molecule has 5 nitrogen and oxygen atoms in total. The number of anilines is 1. The first-order chi connectivity index (χ1) is 9.51. The highest BCUT2D eigenvalue weighted by atomic mass is 32.1. The predicted octanol–water partition coefficient (Wildman–Crippen LogP) is 1.68. The van der Waals surface area contributed by atoms with E-state index in [4.69, 9.17) is 5.73 Å². The summed E-state index contributed by atoms with van der Waals surface area (Å²) in [6.45, 7) is 9.33. The normalized spacial score (nSPS) is 23.8. The van der Waals surface area contributed by atoms with Gasteiger partial charge in [0.2, 0.25) is 5.91 Å². The Kier molecular flexibility index (Phi) is 5.12. The first-order valence-corrected chi connectivity index (χ1v) is 8.09. The predicted molar refractivity (Wildman–Crippen MR) is 82.8 cm³/mol. The van der Waals surface area contributed by atoms with E-state index in [9.17, 15) is 4.79 Å². The van der Waals surface area contributed by atoms with Crippen LogP contribution in [0.1, 0.15) is 32.9 Å². The standard InChI is InChI=1S/C14H24N4OS/c1-4-18(11(3)19)14-16-12(9-20-14)8-17-6-5-13(15)10(2)7-17/h9-10,13H,4-8,15H2,1-3H3. The van der Waals surface area contributed by atoms with Gasteiger partial charge in [-0.05, 0) is 19.3 Å². The first kappa shape index (κ1) is 15.4. The number of hydrogen-bond acceptors (Lipinski definition) is 5. The van der Waals surface area contributed by atoms with Gasteiger partial charge in [-0.2, -0.15) is 0 Å². The van der Waals surface area contributed by atoms with Crippen molar-refractivity contribution in [1.82, 2.24) is 9.88 Å². The SMILES string of the molecule is CCN(C(C)=O)c1nc(CN2CCC(N)C(C)C2)cs1. The average Bonchev–Trinajstić information content (AvgIpc) is 2.82. The molecule has 0 aliphatic carbocycles.